The lowest BCUT2D eigenvalue weighted by atomic mass is 10.1. The van der Waals surface area contributed by atoms with E-state index in [1.165, 1.54) is 18.2 Å². The third-order valence-electron chi connectivity index (χ3n) is 3.24. The molecule has 0 radical (unpaired) electrons. The number of benzene rings is 1. The Bertz CT molecular complexity index is 457. The van der Waals surface area contributed by atoms with Gasteiger partial charge in [-0.1, -0.05) is 29.8 Å². The molecular formula is C16H23NO3. The van der Waals surface area contributed by atoms with E-state index in [0.717, 1.165) is 6.42 Å². The van der Waals surface area contributed by atoms with Crippen LogP contribution in [0.15, 0.2) is 24.3 Å². The van der Waals surface area contributed by atoms with Gasteiger partial charge in [0.25, 0.3) is 0 Å². The molecule has 1 amide bonds. The Morgan fingerprint density at radius 2 is 2.00 bits per heavy atom. The molecule has 0 aliphatic rings. The zero-order chi connectivity index (χ0) is 15.0. The van der Waals surface area contributed by atoms with Gasteiger partial charge in [-0.25, -0.2) is 0 Å². The Morgan fingerprint density at radius 3 is 2.65 bits per heavy atom. The van der Waals surface area contributed by atoms with Crippen LogP contribution in [-0.4, -0.2) is 37.5 Å². The number of methoxy groups -OCH3 is 1. The van der Waals surface area contributed by atoms with Crippen LogP contribution in [0.2, 0.25) is 0 Å². The van der Waals surface area contributed by atoms with Gasteiger partial charge in [0.05, 0.1) is 7.11 Å². The van der Waals surface area contributed by atoms with Crippen molar-refractivity contribution in [1.29, 1.82) is 0 Å². The summed E-state index contributed by atoms with van der Waals surface area (Å²) in [5.41, 5.74) is 2.39. The molecule has 0 heterocycles. The van der Waals surface area contributed by atoms with Gasteiger partial charge in [-0.15, -0.1) is 0 Å². The first-order valence-electron chi connectivity index (χ1n) is 6.89. The molecule has 0 saturated heterocycles. The zero-order valence-corrected chi connectivity index (χ0v) is 12.5. The monoisotopic (exact) mass is 277 g/mol. The molecule has 0 aliphatic carbocycles. The lowest BCUT2D eigenvalue weighted by Gasteiger charge is -2.16. The molecule has 0 bridgehead atoms. The summed E-state index contributed by atoms with van der Waals surface area (Å²) in [6.45, 7) is 2.63. The van der Waals surface area contributed by atoms with Crippen LogP contribution in [0.1, 0.15) is 30.4 Å². The highest BCUT2D eigenvalue weighted by Crippen LogP contribution is 2.08. The molecule has 20 heavy (non-hydrogen) atoms. The van der Waals surface area contributed by atoms with Crippen LogP contribution in [0.25, 0.3) is 0 Å². The van der Waals surface area contributed by atoms with Gasteiger partial charge < -0.3 is 9.64 Å². The first kappa shape index (κ1) is 16.2. The lowest BCUT2D eigenvalue weighted by Crippen LogP contribution is -2.28. The second kappa shape index (κ2) is 8.35. The van der Waals surface area contributed by atoms with Crippen molar-refractivity contribution >= 4 is 11.9 Å². The number of carbonyl (C=O) groups excluding carboxylic acids is 2. The van der Waals surface area contributed by atoms with Crippen molar-refractivity contribution in [2.45, 2.75) is 32.6 Å². The predicted octanol–water partition coefficient (Wildman–Crippen LogP) is 2.34. The average molecular weight is 277 g/mol. The highest BCUT2D eigenvalue weighted by Gasteiger charge is 2.09. The quantitative estimate of drug-likeness (QED) is 0.719. The molecule has 110 valence electrons. The fourth-order valence-electron chi connectivity index (χ4n) is 2.00. The highest BCUT2D eigenvalue weighted by atomic mass is 16.5. The first-order chi connectivity index (χ1) is 9.52. The summed E-state index contributed by atoms with van der Waals surface area (Å²) in [4.78, 5) is 24.6. The standard InChI is InChI=1S/C16H23NO3/c1-13-6-4-7-14(12-13)9-10-15(18)17(2)11-5-8-16(19)20-3/h4,6-7,12H,5,8-11H2,1-3H3. The fraction of sp³-hybridized carbons (Fsp3) is 0.500. The summed E-state index contributed by atoms with van der Waals surface area (Å²) >= 11 is 0. The number of amides is 1. The number of hydrogen-bond acceptors (Lipinski definition) is 3. The Morgan fingerprint density at radius 1 is 1.25 bits per heavy atom. The van der Waals surface area contributed by atoms with Crippen molar-refractivity contribution < 1.29 is 14.3 Å². The molecule has 1 aromatic rings. The van der Waals surface area contributed by atoms with Gasteiger partial charge in [0.1, 0.15) is 0 Å². The average Bonchev–Trinajstić information content (AvgIpc) is 2.44. The Kier molecular flexibility index (Phi) is 6.77. The van der Waals surface area contributed by atoms with E-state index in [0.29, 0.717) is 25.8 Å². The molecule has 0 N–H and O–H groups in total. The van der Waals surface area contributed by atoms with Gasteiger partial charge in [-0.2, -0.15) is 0 Å². The number of aryl methyl sites for hydroxylation is 2. The molecule has 1 rings (SSSR count). The van der Waals surface area contributed by atoms with E-state index in [1.54, 1.807) is 11.9 Å². The lowest BCUT2D eigenvalue weighted by molar-refractivity contribution is -0.141. The van der Waals surface area contributed by atoms with Crippen LogP contribution in [-0.2, 0) is 20.7 Å². The van der Waals surface area contributed by atoms with Crippen molar-refractivity contribution in [3.63, 3.8) is 0 Å². The summed E-state index contributed by atoms with van der Waals surface area (Å²) in [7, 11) is 3.15. The molecule has 0 saturated carbocycles. The minimum atomic E-state index is -0.231. The van der Waals surface area contributed by atoms with Crippen LogP contribution in [0.4, 0.5) is 0 Å². The molecule has 0 atom stereocenters. The van der Waals surface area contributed by atoms with Crippen molar-refractivity contribution in [3.05, 3.63) is 35.4 Å². The highest BCUT2D eigenvalue weighted by molar-refractivity contribution is 5.76. The van der Waals surface area contributed by atoms with Crippen LogP contribution < -0.4 is 0 Å². The van der Waals surface area contributed by atoms with Gasteiger partial charge in [0.15, 0.2) is 0 Å². The summed E-state index contributed by atoms with van der Waals surface area (Å²) in [6, 6.07) is 8.20. The molecule has 0 aromatic heterocycles. The predicted molar refractivity (Wildman–Crippen MR) is 78.4 cm³/mol. The number of nitrogens with zero attached hydrogens (tertiary/aromatic N) is 1. The molecule has 1 aromatic carbocycles. The fourth-order valence-corrected chi connectivity index (χ4v) is 2.00. The molecule has 4 heteroatoms. The van der Waals surface area contributed by atoms with E-state index in [-0.39, 0.29) is 11.9 Å². The van der Waals surface area contributed by atoms with Gasteiger partial charge in [0.2, 0.25) is 5.91 Å². The third kappa shape index (κ3) is 5.87. The van der Waals surface area contributed by atoms with Gasteiger partial charge in [-0.05, 0) is 25.3 Å². The van der Waals surface area contributed by atoms with Gasteiger partial charge >= 0.3 is 5.97 Å². The number of ether oxygens (including phenoxy) is 1. The van der Waals surface area contributed by atoms with Crippen molar-refractivity contribution in [2.75, 3.05) is 20.7 Å². The van der Waals surface area contributed by atoms with E-state index in [2.05, 4.69) is 10.8 Å². The normalized spacial score (nSPS) is 10.2. The van der Waals surface area contributed by atoms with Crippen molar-refractivity contribution in [2.24, 2.45) is 0 Å². The maximum absolute atomic E-state index is 12.0. The van der Waals surface area contributed by atoms with Gasteiger partial charge in [-0.3, -0.25) is 9.59 Å². The zero-order valence-electron chi connectivity index (χ0n) is 12.5. The number of esters is 1. The molecule has 0 aliphatic heterocycles. The molecule has 0 unspecified atom stereocenters. The minimum absolute atomic E-state index is 0.108. The van der Waals surface area contributed by atoms with Crippen LogP contribution in [0.3, 0.4) is 0 Å². The van der Waals surface area contributed by atoms with Crippen molar-refractivity contribution in [3.8, 4) is 0 Å². The first-order valence-corrected chi connectivity index (χ1v) is 6.89. The summed E-state index contributed by atoms with van der Waals surface area (Å²) in [5.74, 6) is -0.123. The van der Waals surface area contributed by atoms with E-state index in [4.69, 9.17) is 0 Å². The maximum Gasteiger partial charge on any atom is 0.305 e. The molecular weight excluding hydrogens is 254 g/mol. The topological polar surface area (TPSA) is 46.6 Å². The Labute approximate surface area is 120 Å². The Hall–Kier alpha value is -1.84. The SMILES string of the molecule is COC(=O)CCCN(C)C(=O)CCc1cccc(C)c1. The van der Waals surface area contributed by atoms with E-state index in [1.807, 2.05) is 25.1 Å². The number of carbonyl (C=O) groups is 2. The second-order valence-electron chi connectivity index (χ2n) is 4.98. The minimum Gasteiger partial charge on any atom is -0.469 e. The van der Waals surface area contributed by atoms with Crippen LogP contribution in [0, 0.1) is 6.92 Å². The summed E-state index contributed by atoms with van der Waals surface area (Å²) in [5, 5.41) is 0. The number of rotatable bonds is 7. The maximum atomic E-state index is 12.0. The summed E-state index contributed by atoms with van der Waals surface area (Å²) in [6.07, 6.45) is 2.24. The van der Waals surface area contributed by atoms with Crippen molar-refractivity contribution in [1.82, 2.24) is 4.90 Å². The Balaban J connectivity index is 2.29. The van der Waals surface area contributed by atoms with E-state index < -0.39 is 0 Å². The smallest absolute Gasteiger partial charge is 0.305 e. The van der Waals surface area contributed by atoms with Gasteiger partial charge in [0, 0.05) is 26.4 Å². The number of hydrogen-bond donors (Lipinski definition) is 0. The largest absolute Gasteiger partial charge is 0.469 e. The van der Waals surface area contributed by atoms with Crippen LogP contribution >= 0.6 is 0 Å². The summed E-state index contributed by atoms with van der Waals surface area (Å²) < 4.78 is 4.57. The molecule has 0 fully saturated rings. The molecule has 4 nitrogen and oxygen atoms in total. The van der Waals surface area contributed by atoms with E-state index >= 15 is 0 Å². The van der Waals surface area contributed by atoms with E-state index in [9.17, 15) is 9.59 Å². The second-order valence-corrected chi connectivity index (χ2v) is 4.98. The third-order valence-corrected chi connectivity index (χ3v) is 3.24. The van der Waals surface area contributed by atoms with Crippen LogP contribution in [0.5, 0.6) is 0 Å². The molecule has 0 spiro atoms.